The molecule has 1 aromatic rings. The predicted octanol–water partition coefficient (Wildman–Crippen LogP) is 4.66. The number of hydrogen-bond acceptors (Lipinski definition) is 2. The van der Waals surface area contributed by atoms with Crippen molar-refractivity contribution in [1.82, 2.24) is 15.2 Å². The molecular weight excluding hydrogens is 338 g/mol. The van der Waals surface area contributed by atoms with Crippen LogP contribution >= 0.6 is 0 Å². The van der Waals surface area contributed by atoms with Gasteiger partial charge in [-0.1, -0.05) is 64.7 Å². The lowest BCUT2D eigenvalue weighted by atomic mass is 10.1. The Bertz CT molecular complexity index is 542. The molecule has 0 unspecified atom stereocenters. The zero-order chi connectivity index (χ0) is 19.3. The summed E-state index contributed by atoms with van der Waals surface area (Å²) in [5.41, 5.74) is 0.560. The minimum atomic E-state index is -0.316. The van der Waals surface area contributed by atoms with Gasteiger partial charge in [0.05, 0.1) is 0 Å². The highest BCUT2D eigenvalue weighted by Gasteiger charge is 2.34. The maximum Gasteiger partial charge on any atom is 0.270 e. The van der Waals surface area contributed by atoms with Gasteiger partial charge < -0.3 is 15.2 Å². The molecule has 0 aliphatic carbocycles. The fourth-order valence-electron chi connectivity index (χ4n) is 3.84. The van der Waals surface area contributed by atoms with Gasteiger partial charge >= 0.3 is 0 Å². The van der Waals surface area contributed by atoms with Gasteiger partial charge in [0.15, 0.2) is 0 Å². The van der Waals surface area contributed by atoms with Crippen molar-refractivity contribution in [2.45, 2.75) is 90.0 Å². The number of amides is 2. The van der Waals surface area contributed by atoms with Gasteiger partial charge in [0.25, 0.3) is 5.91 Å². The van der Waals surface area contributed by atoms with E-state index in [-0.39, 0.29) is 17.9 Å². The number of aromatic nitrogens is 1. The summed E-state index contributed by atoms with van der Waals surface area (Å²) in [5, 5.41) is 3.04. The number of unbranched alkanes of at least 4 members (excludes halogenated alkanes) is 9. The van der Waals surface area contributed by atoms with Crippen LogP contribution < -0.4 is 5.32 Å². The van der Waals surface area contributed by atoms with Crippen molar-refractivity contribution in [2.24, 2.45) is 0 Å². The van der Waals surface area contributed by atoms with E-state index in [1.54, 1.807) is 17.2 Å². The molecule has 2 amide bonds. The number of rotatable bonds is 13. The van der Waals surface area contributed by atoms with Crippen LogP contribution in [0, 0.1) is 0 Å². The lowest BCUT2D eigenvalue weighted by Crippen LogP contribution is -2.46. The Labute approximate surface area is 164 Å². The van der Waals surface area contributed by atoms with Crippen LogP contribution in [0.1, 0.15) is 94.5 Å². The van der Waals surface area contributed by atoms with Crippen LogP contribution in [-0.4, -0.2) is 40.8 Å². The van der Waals surface area contributed by atoms with E-state index in [9.17, 15) is 9.59 Å². The first kappa shape index (κ1) is 21.5. The van der Waals surface area contributed by atoms with E-state index >= 15 is 0 Å². The maximum absolute atomic E-state index is 12.5. The van der Waals surface area contributed by atoms with Gasteiger partial charge in [0, 0.05) is 19.3 Å². The van der Waals surface area contributed by atoms with Crippen LogP contribution in [0.15, 0.2) is 18.3 Å². The van der Waals surface area contributed by atoms with Crippen LogP contribution in [-0.2, 0) is 4.79 Å². The van der Waals surface area contributed by atoms with E-state index in [1.165, 1.54) is 57.8 Å². The summed E-state index contributed by atoms with van der Waals surface area (Å²) < 4.78 is 0. The Morgan fingerprint density at radius 1 is 1.07 bits per heavy atom. The third kappa shape index (κ3) is 7.39. The minimum absolute atomic E-state index is 0.00308. The molecule has 27 heavy (non-hydrogen) atoms. The summed E-state index contributed by atoms with van der Waals surface area (Å²) in [6, 6.07) is 3.26. The van der Waals surface area contributed by atoms with Crippen molar-refractivity contribution in [1.29, 1.82) is 0 Å². The van der Waals surface area contributed by atoms with Gasteiger partial charge in [-0.25, -0.2) is 0 Å². The van der Waals surface area contributed by atoms with E-state index in [1.807, 2.05) is 6.07 Å². The molecule has 1 aliphatic rings. The third-order valence-electron chi connectivity index (χ3n) is 5.47. The number of H-pyrrole nitrogens is 1. The van der Waals surface area contributed by atoms with Crippen molar-refractivity contribution in [2.75, 3.05) is 13.1 Å². The van der Waals surface area contributed by atoms with Crippen molar-refractivity contribution in [3.63, 3.8) is 0 Å². The van der Waals surface area contributed by atoms with E-state index in [4.69, 9.17) is 0 Å². The molecular formula is C22H37N3O2. The first-order valence-corrected chi connectivity index (χ1v) is 11.0. The van der Waals surface area contributed by atoms with Gasteiger partial charge in [-0.3, -0.25) is 9.59 Å². The number of carbonyl (C=O) groups is 2. The predicted molar refractivity (Wildman–Crippen MR) is 110 cm³/mol. The summed E-state index contributed by atoms with van der Waals surface area (Å²) in [6.07, 6.45) is 16.3. The van der Waals surface area contributed by atoms with Crippen molar-refractivity contribution in [3.8, 4) is 0 Å². The van der Waals surface area contributed by atoms with E-state index in [2.05, 4.69) is 17.2 Å². The van der Waals surface area contributed by atoms with Gasteiger partial charge in [0.2, 0.25) is 5.91 Å². The average molecular weight is 376 g/mol. The van der Waals surface area contributed by atoms with E-state index in [0.29, 0.717) is 12.2 Å². The number of aromatic amines is 1. The molecule has 5 nitrogen and oxygen atoms in total. The Morgan fingerprint density at radius 2 is 1.74 bits per heavy atom. The smallest absolute Gasteiger partial charge is 0.270 e. The number of nitrogens with zero attached hydrogens (tertiary/aromatic N) is 1. The quantitative estimate of drug-likeness (QED) is 0.493. The van der Waals surface area contributed by atoms with Crippen molar-refractivity contribution in [3.05, 3.63) is 24.0 Å². The van der Waals surface area contributed by atoms with E-state index in [0.717, 1.165) is 25.8 Å². The van der Waals surface area contributed by atoms with Crippen LogP contribution in [0.2, 0.25) is 0 Å². The second kappa shape index (κ2) is 12.6. The van der Waals surface area contributed by atoms with Gasteiger partial charge in [-0.15, -0.1) is 0 Å². The number of hydrogen-bond donors (Lipinski definition) is 2. The summed E-state index contributed by atoms with van der Waals surface area (Å²) in [7, 11) is 0. The SMILES string of the molecule is CCCCCCCCCCCCNC(=O)[C@@H]1CCCN1C(=O)c1ccc[nH]1. The molecule has 1 fully saturated rings. The number of likely N-dealkylation sites (tertiary alicyclic amines) is 1. The van der Waals surface area contributed by atoms with Crippen LogP contribution in [0.25, 0.3) is 0 Å². The highest BCUT2D eigenvalue weighted by molar-refractivity contribution is 5.96. The molecule has 0 radical (unpaired) electrons. The molecule has 5 heteroatoms. The molecule has 2 rings (SSSR count). The van der Waals surface area contributed by atoms with Crippen LogP contribution in [0.4, 0.5) is 0 Å². The maximum atomic E-state index is 12.5. The van der Waals surface area contributed by atoms with E-state index < -0.39 is 0 Å². The molecule has 2 heterocycles. The molecule has 0 aromatic carbocycles. The number of carbonyl (C=O) groups excluding carboxylic acids is 2. The fraction of sp³-hybridized carbons (Fsp3) is 0.727. The normalized spacial score (nSPS) is 16.6. The highest BCUT2D eigenvalue weighted by atomic mass is 16.2. The monoisotopic (exact) mass is 375 g/mol. The van der Waals surface area contributed by atoms with Crippen LogP contribution in [0.3, 0.4) is 0 Å². The Kier molecular flexibility index (Phi) is 10.0. The first-order valence-electron chi connectivity index (χ1n) is 11.0. The second-order valence-electron chi connectivity index (χ2n) is 7.71. The highest BCUT2D eigenvalue weighted by Crippen LogP contribution is 2.20. The Morgan fingerprint density at radius 3 is 2.37 bits per heavy atom. The van der Waals surface area contributed by atoms with Crippen LogP contribution in [0.5, 0.6) is 0 Å². The molecule has 0 saturated carbocycles. The van der Waals surface area contributed by atoms with Gasteiger partial charge in [-0.2, -0.15) is 0 Å². The lowest BCUT2D eigenvalue weighted by molar-refractivity contribution is -0.124. The zero-order valence-electron chi connectivity index (χ0n) is 17.0. The standard InChI is InChI=1S/C22H37N3O2/c1-2-3-4-5-6-7-8-9-10-11-16-24-21(26)20-15-13-18-25(20)22(27)19-14-12-17-23-19/h12,14,17,20,23H,2-11,13,15-16,18H2,1H3,(H,24,26)/t20-/m0/s1. The molecule has 1 atom stereocenters. The molecule has 0 bridgehead atoms. The molecule has 1 saturated heterocycles. The van der Waals surface area contributed by atoms with Gasteiger partial charge in [0.1, 0.15) is 11.7 Å². The van der Waals surface area contributed by atoms with Gasteiger partial charge in [-0.05, 0) is 31.4 Å². The summed E-state index contributed by atoms with van der Waals surface area (Å²) in [6.45, 7) is 3.63. The fourth-order valence-corrected chi connectivity index (χ4v) is 3.84. The first-order chi connectivity index (χ1) is 13.2. The summed E-state index contributed by atoms with van der Waals surface area (Å²) in [4.78, 5) is 29.6. The summed E-state index contributed by atoms with van der Waals surface area (Å²) >= 11 is 0. The average Bonchev–Trinajstić information content (AvgIpc) is 3.37. The Balaban J connectivity index is 1.54. The molecule has 152 valence electrons. The molecule has 1 aromatic heterocycles. The summed E-state index contributed by atoms with van der Waals surface area (Å²) in [5.74, 6) is -0.0695. The Hall–Kier alpha value is -1.78. The zero-order valence-corrected chi connectivity index (χ0v) is 17.0. The number of nitrogens with one attached hydrogen (secondary N) is 2. The van der Waals surface area contributed by atoms with Crippen molar-refractivity contribution >= 4 is 11.8 Å². The minimum Gasteiger partial charge on any atom is -0.357 e. The molecule has 1 aliphatic heterocycles. The largest absolute Gasteiger partial charge is 0.357 e. The second-order valence-corrected chi connectivity index (χ2v) is 7.71. The third-order valence-corrected chi connectivity index (χ3v) is 5.47. The molecule has 0 spiro atoms. The topological polar surface area (TPSA) is 65.2 Å². The lowest BCUT2D eigenvalue weighted by Gasteiger charge is -2.23. The molecule has 2 N–H and O–H groups in total. The van der Waals surface area contributed by atoms with Crippen molar-refractivity contribution < 1.29 is 9.59 Å².